The number of nitrogens with two attached hydrogens (primary N) is 1. The van der Waals surface area contributed by atoms with E-state index in [4.69, 9.17) is 5.73 Å². The molecule has 0 aromatic heterocycles. The van der Waals surface area contributed by atoms with Crippen molar-refractivity contribution in [3.05, 3.63) is 66.2 Å². The maximum Gasteiger partial charge on any atom is 0.244 e. The first-order valence-electron chi connectivity index (χ1n) is 7.74. The van der Waals surface area contributed by atoms with Gasteiger partial charge in [0.1, 0.15) is 5.54 Å². The largest absolute Gasteiger partial charge is 0.354 e. The molecule has 0 spiro atoms. The van der Waals surface area contributed by atoms with Crippen LogP contribution < -0.4 is 11.1 Å². The Hall–Kier alpha value is -1.89. The van der Waals surface area contributed by atoms with E-state index in [0.29, 0.717) is 16.9 Å². The summed E-state index contributed by atoms with van der Waals surface area (Å²) in [4.78, 5) is 12.6. The van der Waals surface area contributed by atoms with Crippen LogP contribution in [0.3, 0.4) is 0 Å². The molecule has 1 atom stereocenters. The van der Waals surface area contributed by atoms with Crippen LogP contribution in [0.5, 0.6) is 0 Å². The summed E-state index contributed by atoms with van der Waals surface area (Å²) in [5.74, 6) is -0.352. The summed E-state index contributed by atoms with van der Waals surface area (Å²) >= 11 is 0. The number of hydrogen-bond acceptors (Lipinski definition) is 4. The van der Waals surface area contributed by atoms with Crippen molar-refractivity contribution < 1.29 is 13.2 Å². The van der Waals surface area contributed by atoms with Crippen molar-refractivity contribution in [1.29, 1.82) is 0 Å². The number of hydrogen-bond donors (Lipinski definition) is 2. The van der Waals surface area contributed by atoms with Crippen molar-refractivity contribution in [3.8, 4) is 0 Å². The zero-order valence-corrected chi connectivity index (χ0v) is 15.6. The molecule has 0 saturated carbocycles. The third-order valence-corrected chi connectivity index (χ3v) is 5.64. The van der Waals surface area contributed by atoms with Crippen LogP contribution in [-0.2, 0) is 20.2 Å². The van der Waals surface area contributed by atoms with Crippen molar-refractivity contribution in [2.24, 2.45) is 5.73 Å². The number of amides is 1. The van der Waals surface area contributed by atoms with Gasteiger partial charge in [-0.2, -0.15) is 0 Å². The van der Waals surface area contributed by atoms with E-state index in [1.807, 2.05) is 18.2 Å². The molecule has 0 bridgehead atoms. The predicted octanol–water partition coefficient (Wildman–Crippen LogP) is 2.26. The second kappa shape index (κ2) is 8.99. The molecule has 2 aromatic rings. The lowest BCUT2D eigenvalue weighted by atomic mass is 9.92. The summed E-state index contributed by atoms with van der Waals surface area (Å²) in [6, 6.07) is 17.4. The van der Waals surface area contributed by atoms with E-state index in [1.165, 1.54) is 0 Å². The molecule has 0 heterocycles. The van der Waals surface area contributed by atoms with E-state index in [9.17, 15) is 13.2 Å². The lowest BCUT2D eigenvalue weighted by molar-refractivity contribution is -0.126. The SMILES string of the molecule is CC(N)(C(=O)NCCCS(=O)(=O)c1ccccc1)c1ccccc1.Cl. The van der Waals surface area contributed by atoms with Crippen molar-refractivity contribution in [2.75, 3.05) is 12.3 Å². The molecular formula is C18H23ClN2O3S. The molecule has 2 aromatic carbocycles. The Balaban J connectivity index is 0.00000312. The van der Waals surface area contributed by atoms with Crippen LogP contribution in [0, 0.1) is 0 Å². The smallest absolute Gasteiger partial charge is 0.244 e. The second-order valence-corrected chi connectivity index (χ2v) is 7.92. The van der Waals surface area contributed by atoms with Crippen molar-refractivity contribution in [2.45, 2.75) is 23.8 Å². The predicted molar refractivity (Wildman–Crippen MR) is 101 cm³/mol. The van der Waals surface area contributed by atoms with Gasteiger partial charge in [0.15, 0.2) is 9.84 Å². The van der Waals surface area contributed by atoms with Crippen LogP contribution >= 0.6 is 12.4 Å². The Morgan fingerprint density at radius 3 is 2.12 bits per heavy atom. The molecule has 0 fully saturated rings. The highest BCUT2D eigenvalue weighted by molar-refractivity contribution is 7.91. The van der Waals surface area contributed by atoms with Crippen molar-refractivity contribution in [1.82, 2.24) is 5.32 Å². The summed E-state index contributed by atoms with van der Waals surface area (Å²) in [6.45, 7) is 1.89. The van der Waals surface area contributed by atoms with Gasteiger partial charge in [-0.25, -0.2) is 8.42 Å². The maximum atomic E-state index is 12.3. The van der Waals surface area contributed by atoms with Gasteiger partial charge in [0.25, 0.3) is 0 Å². The average Bonchev–Trinajstić information content (AvgIpc) is 2.60. The Morgan fingerprint density at radius 1 is 1.04 bits per heavy atom. The first-order chi connectivity index (χ1) is 11.3. The average molecular weight is 383 g/mol. The third kappa shape index (κ3) is 5.56. The van der Waals surface area contributed by atoms with E-state index >= 15 is 0 Å². The van der Waals surface area contributed by atoms with Crippen molar-refractivity contribution >= 4 is 28.2 Å². The third-order valence-electron chi connectivity index (χ3n) is 3.82. The van der Waals surface area contributed by atoms with E-state index in [-0.39, 0.29) is 30.6 Å². The molecule has 7 heteroatoms. The number of nitrogens with one attached hydrogen (secondary N) is 1. The molecule has 1 amide bonds. The van der Waals surface area contributed by atoms with Crippen LogP contribution in [0.15, 0.2) is 65.6 Å². The van der Waals surface area contributed by atoms with Gasteiger partial charge in [0.05, 0.1) is 10.6 Å². The van der Waals surface area contributed by atoms with Gasteiger partial charge in [-0.15, -0.1) is 12.4 Å². The molecule has 5 nitrogen and oxygen atoms in total. The summed E-state index contributed by atoms with van der Waals surface area (Å²) < 4.78 is 24.3. The van der Waals surface area contributed by atoms with Gasteiger partial charge in [-0.3, -0.25) is 4.79 Å². The molecule has 0 aliphatic carbocycles. The first-order valence-corrected chi connectivity index (χ1v) is 9.40. The summed E-state index contributed by atoms with van der Waals surface area (Å²) in [5.41, 5.74) is 5.66. The lowest BCUT2D eigenvalue weighted by Crippen LogP contribution is -2.49. The zero-order valence-electron chi connectivity index (χ0n) is 14.0. The van der Waals surface area contributed by atoms with Crippen LogP contribution in [0.2, 0.25) is 0 Å². The maximum absolute atomic E-state index is 12.3. The number of carbonyl (C=O) groups is 1. The molecule has 25 heavy (non-hydrogen) atoms. The monoisotopic (exact) mass is 382 g/mol. The Morgan fingerprint density at radius 2 is 1.56 bits per heavy atom. The van der Waals surface area contributed by atoms with Gasteiger partial charge < -0.3 is 11.1 Å². The van der Waals surface area contributed by atoms with Crippen LogP contribution in [0.4, 0.5) is 0 Å². The topological polar surface area (TPSA) is 89.3 Å². The number of sulfone groups is 1. The molecule has 0 aliphatic heterocycles. The van der Waals surface area contributed by atoms with Gasteiger partial charge in [0.2, 0.25) is 5.91 Å². The number of benzene rings is 2. The number of rotatable bonds is 7. The number of halogens is 1. The van der Waals surface area contributed by atoms with Crippen molar-refractivity contribution in [3.63, 3.8) is 0 Å². The summed E-state index contributed by atoms with van der Waals surface area (Å²) in [6.07, 6.45) is 0.327. The highest BCUT2D eigenvalue weighted by Crippen LogP contribution is 2.17. The molecule has 136 valence electrons. The fourth-order valence-electron chi connectivity index (χ4n) is 2.31. The fraction of sp³-hybridized carbons (Fsp3) is 0.278. The molecular weight excluding hydrogens is 360 g/mol. The lowest BCUT2D eigenvalue weighted by Gasteiger charge is -2.24. The van der Waals surface area contributed by atoms with Gasteiger partial charge >= 0.3 is 0 Å². The Kier molecular flexibility index (Phi) is 7.60. The zero-order chi connectivity index (χ0) is 17.6. The minimum atomic E-state index is -3.33. The van der Waals surface area contributed by atoms with Crippen LogP contribution in [0.1, 0.15) is 18.9 Å². The van der Waals surface area contributed by atoms with E-state index in [1.54, 1.807) is 49.4 Å². The molecule has 3 N–H and O–H groups in total. The number of carbonyl (C=O) groups excluding carboxylic acids is 1. The summed E-state index contributed by atoms with van der Waals surface area (Å²) in [7, 11) is -3.33. The molecule has 1 unspecified atom stereocenters. The normalized spacial score (nSPS) is 13.4. The van der Waals surface area contributed by atoms with E-state index < -0.39 is 15.4 Å². The van der Waals surface area contributed by atoms with Gasteiger partial charge in [-0.05, 0) is 31.0 Å². The fourth-order valence-corrected chi connectivity index (χ4v) is 3.64. The first kappa shape index (κ1) is 21.2. The van der Waals surface area contributed by atoms with Crippen LogP contribution in [0.25, 0.3) is 0 Å². The highest BCUT2D eigenvalue weighted by atomic mass is 35.5. The van der Waals surface area contributed by atoms with Gasteiger partial charge in [-0.1, -0.05) is 48.5 Å². The quantitative estimate of drug-likeness (QED) is 0.719. The minimum Gasteiger partial charge on any atom is -0.354 e. The molecule has 0 saturated heterocycles. The minimum absolute atomic E-state index is 0. The Labute approximate surface area is 155 Å². The van der Waals surface area contributed by atoms with Gasteiger partial charge in [0, 0.05) is 6.54 Å². The van der Waals surface area contributed by atoms with E-state index in [0.717, 1.165) is 0 Å². The molecule has 0 radical (unpaired) electrons. The Bertz CT molecular complexity index is 778. The van der Waals surface area contributed by atoms with Crippen LogP contribution in [-0.4, -0.2) is 26.6 Å². The molecule has 0 aliphatic rings. The highest BCUT2D eigenvalue weighted by Gasteiger charge is 2.29. The van der Waals surface area contributed by atoms with E-state index in [2.05, 4.69) is 5.32 Å². The molecule has 2 rings (SSSR count). The summed E-state index contributed by atoms with van der Waals surface area (Å²) in [5, 5.41) is 2.72. The standard InChI is InChI=1S/C18H22N2O3S.ClH/c1-18(19,15-9-4-2-5-10-15)17(21)20-13-8-14-24(22,23)16-11-6-3-7-12-16;/h2-7,9-12H,8,13-14,19H2,1H3,(H,20,21);1H. The second-order valence-electron chi connectivity index (χ2n) is 5.81.